The van der Waals surface area contributed by atoms with Gasteiger partial charge in [-0.15, -0.1) is 0 Å². The second kappa shape index (κ2) is 35.4. The van der Waals surface area contributed by atoms with E-state index in [-0.39, 0.29) is 70.2 Å². The van der Waals surface area contributed by atoms with E-state index in [1.54, 1.807) is 0 Å². The molecule has 4 N–H and O–H groups in total. The van der Waals surface area contributed by atoms with Gasteiger partial charge in [0.1, 0.15) is 23.8 Å². The third-order valence-electron chi connectivity index (χ3n) is 26.3. The Kier molecular flexibility index (Phi) is 30.1. The summed E-state index contributed by atoms with van der Waals surface area (Å²) in [6.07, 6.45) is 41.2. The van der Waals surface area contributed by atoms with Gasteiger partial charge in [0.05, 0.1) is 24.4 Å². The minimum Gasteiger partial charge on any atom is -0.462 e. The van der Waals surface area contributed by atoms with Crippen molar-refractivity contribution in [2.45, 2.75) is 364 Å². The molecule has 21 atom stereocenters. The summed E-state index contributed by atoms with van der Waals surface area (Å²) in [6.45, 7) is 26.9. The van der Waals surface area contributed by atoms with Gasteiger partial charge >= 0.3 is 11.9 Å². The number of ether oxygens (including phenoxy) is 2. The van der Waals surface area contributed by atoms with Gasteiger partial charge in [-0.25, -0.2) is 0 Å². The number of esters is 2. The van der Waals surface area contributed by atoms with Gasteiger partial charge in [-0.2, -0.15) is 0 Å². The summed E-state index contributed by atoms with van der Waals surface area (Å²) < 4.78 is 12.0. The molecule has 0 aromatic carbocycles. The van der Waals surface area contributed by atoms with Crippen molar-refractivity contribution in [3.05, 3.63) is 12.2 Å². The topological polar surface area (TPSA) is 168 Å². The Morgan fingerprint density at radius 1 is 0.523 bits per heavy atom. The first-order chi connectivity index (χ1) is 41.9. The van der Waals surface area contributed by atoms with Crippen LogP contribution in [-0.2, 0) is 28.7 Å². The first kappa shape index (κ1) is 74.9. The number of fused-ring (bicyclic) bond motifs is 10. The maximum Gasteiger partial charge on any atom is 0.306 e. The van der Waals surface area contributed by atoms with Gasteiger partial charge in [-0.1, -0.05) is 159 Å². The quantitative estimate of drug-likeness (QED) is 0.0309. The largest absolute Gasteiger partial charge is 0.462 e. The first-order valence-corrected chi connectivity index (χ1v) is 37.7. The lowest BCUT2D eigenvalue weighted by atomic mass is 9.43. The number of hydrogen-bond acceptors (Lipinski definition) is 10. The SMILES string of the molecule is CC=CCCCCCCCCC(=O)O[C@H]1CCC2(C)C3CC(O)C4(C)C[C@H](C)C[C@@H]4[C@@H]3[C@H](O)C[C@H]2C1.CCC(=O)CCCCC(=O)CCC(C)C.CCCCCCCCCC(=O)O[C@@H]1CCC2(C)C3CC(O)C4(C)C([C@@H](C)CC)CC[C@H]4[C@H]3[C@@H](O)C[C@H]2C1. The van der Waals surface area contributed by atoms with Gasteiger partial charge in [0.15, 0.2) is 0 Å². The van der Waals surface area contributed by atoms with Crippen molar-refractivity contribution in [2.75, 3.05) is 0 Å². The van der Waals surface area contributed by atoms with E-state index in [1.165, 1.54) is 70.6 Å². The molecule has 8 aliphatic carbocycles. The second-order valence-corrected chi connectivity index (χ2v) is 32.5. The van der Waals surface area contributed by atoms with Crippen LogP contribution in [0, 0.1) is 92.7 Å². The summed E-state index contributed by atoms with van der Waals surface area (Å²) in [7, 11) is 0. The van der Waals surface area contributed by atoms with Crippen molar-refractivity contribution in [1.29, 1.82) is 0 Å². The number of carbonyl (C=O) groups is 4. The van der Waals surface area contributed by atoms with Crippen molar-refractivity contribution in [3.63, 3.8) is 0 Å². The number of aliphatic hydroxyl groups excluding tert-OH is 4. The van der Waals surface area contributed by atoms with Crippen LogP contribution in [0.5, 0.6) is 0 Å². The smallest absolute Gasteiger partial charge is 0.306 e. The molecule has 0 saturated heterocycles. The number of carbonyl (C=O) groups excluding carboxylic acids is 4. The highest BCUT2D eigenvalue weighted by molar-refractivity contribution is 5.79. The van der Waals surface area contributed by atoms with E-state index in [4.69, 9.17) is 9.47 Å². The number of Topliss-reactive ketones (excluding diaryl/α,β-unsaturated/α-hetero) is 2. The van der Waals surface area contributed by atoms with Crippen LogP contribution in [0.4, 0.5) is 0 Å². The number of ketones is 2. The zero-order chi connectivity index (χ0) is 64.4. The molecule has 10 heteroatoms. The Morgan fingerprint density at radius 3 is 1.51 bits per heavy atom. The fourth-order valence-corrected chi connectivity index (χ4v) is 20.7. The molecule has 9 unspecified atom stereocenters. The van der Waals surface area contributed by atoms with E-state index in [2.05, 4.69) is 88.3 Å². The maximum atomic E-state index is 12.6. The molecule has 0 aromatic heterocycles. The standard InChI is InChI=1S/C33H58O4.C32H54O4.C13H24O2/c1-6-8-9-10-11-12-13-14-30(36)37-24-17-18-32(4)23(19-24)20-28(34)31-26-16-15-25(22(3)7-2)33(26,5)29(35)21-27(31)32;1-5-6-7-8-9-10-11-12-13-14-29(35)36-24-15-16-31(3)23(18-24)19-27(33)30-25-17-22(2)21-32(25,4)28(34)20-26(30)31;1-4-12(14)7-5-6-8-13(15)10-9-11(2)3/h22-29,31,34-35H,6-21H2,1-5H3;5-6,22-28,30,33-34H,7-21H2,1-4H3;11H,4-10H2,1-3H3/t22-,23+,24+,25?,26-,27?,28-,29?,31+,32?,33?;22-,23-,24+,25-,26?,27-,28?,30+,31?,32?;/m01./s1. The molecule has 8 fully saturated rings. The van der Waals surface area contributed by atoms with Gasteiger partial charge in [0.25, 0.3) is 0 Å². The summed E-state index contributed by atoms with van der Waals surface area (Å²) in [5.74, 6) is 5.98. The Hall–Kier alpha value is -2.14. The molecule has 8 aliphatic rings. The van der Waals surface area contributed by atoms with Crippen LogP contribution in [0.15, 0.2) is 12.2 Å². The molecular formula is C78H136O10. The van der Waals surface area contributed by atoms with E-state index >= 15 is 0 Å². The van der Waals surface area contributed by atoms with Gasteiger partial charge in [0.2, 0.25) is 0 Å². The number of aliphatic hydroxyl groups is 4. The van der Waals surface area contributed by atoms with Crippen LogP contribution in [0.25, 0.3) is 0 Å². The lowest BCUT2D eigenvalue weighted by molar-refractivity contribution is -0.209. The fraction of sp³-hybridized carbons (Fsp3) is 0.923. The Labute approximate surface area is 538 Å². The predicted octanol–water partition coefficient (Wildman–Crippen LogP) is 18.4. The van der Waals surface area contributed by atoms with Crippen molar-refractivity contribution in [1.82, 2.24) is 0 Å². The van der Waals surface area contributed by atoms with Crippen molar-refractivity contribution in [3.8, 4) is 0 Å². The molecule has 10 nitrogen and oxygen atoms in total. The summed E-state index contributed by atoms with van der Waals surface area (Å²) in [5, 5.41) is 46.0. The van der Waals surface area contributed by atoms with Crippen LogP contribution in [0.2, 0.25) is 0 Å². The summed E-state index contributed by atoms with van der Waals surface area (Å²) in [5.41, 5.74) is 0.156. The fourth-order valence-electron chi connectivity index (χ4n) is 20.7. The normalized spacial score (nSPS) is 38.4. The zero-order valence-electron chi connectivity index (χ0n) is 58.7. The Morgan fingerprint density at radius 2 is 1.00 bits per heavy atom. The van der Waals surface area contributed by atoms with Gasteiger partial charge in [-0.05, 0) is 234 Å². The number of unbranched alkanes of at least 4 members (excludes halogenated alkanes) is 13. The Balaban J connectivity index is 0.000000229. The number of allylic oxidation sites excluding steroid dienone is 2. The van der Waals surface area contributed by atoms with E-state index in [1.807, 2.05) is 6.92 Å². The maximum absolute atomic E-state index is 12.6. The lowest BCUT2D eigenvalue weighted by Gasteiger charge is -2.63. The lowest BCUT2D eigenvalue weighted by Crippen LogP contribution is -2.62. The molecular weight excluding hydrogens is 1100 g/mol. The minimum absolute atomic E-state index is 0.000996. The second-order valence-electron chi connectivity index (χ2n) is 32.5. The minimum atomic E-state index is -0.294. The molecule has 508 valence electrons. The number of rotatable bonds is 30. The molecule has 88 heavy (non-hydrogen) atoms. The monoisotopic (exact) mass is 1230 g/mol. The summed E-state index contributed by atoms with van der Waals surface area (Å²) >= 11 is 0. The summed E-state index contributed by atoms with van der Waals surface area (Å²) in [4.78, 5) is 47.5. The predicted molar refractivity (Wildman–Crippen MR) is 358 cm³/mol. The third-order valence-corrected chi connectivity index (χ3v) is 26.3. The van der Waals surface area contributed by atoms with E-state index in [0.29, 0.717) is 121 Å². The first-order valence-electron chi connectivity index (χ1n) is 37.7. The summed E-state index contributed by atoms with van der Waals surface area (Å²) in [6, 6.07) is 0. The van der Waals surface area contributed by atoms with Crippen molar-refractivity contribution < 1.29 is 49.1 Å². The van der Waals surface area contributed by atoms with Crippen molar-refractivity contribution in [2.24, 2.45) is 92.7 Å². The molecule has 0 radical (unpaired) electrons. The molecule has 0 aromatic rings. The van der Waals surface area contributed by atoms with E-state index in [9.17, 15) is 39.6 Å². The van der Waals surface area contributed by atoms with Gasteiger partial charge < -0.3 is 29.9 Å². The van der Waals surface area contributed by atoms with Crippen LogP contribution in [-0.4, -0.2) is 80.6 Å². The molecule has 0 heterocycles. The van der Waals surface area contributed by atoms with E-state index in [0.717, 1.165) is 135 Å². The van der Waals surface area contributed by atoms with Crippen molar-refractivity contribution >= 4 is 23.5 Å². The highest BCUT2D eigenvalue weighted by Gasteiger charge is 2.67. The third kappa shape index (κ3) is 19.0. The highest BCUT2D eigenvalue weighted by atomic mass is 16.5. The highest BCUT2D eigenvalue weighted by Crippen LogP contribution is 2.70. The Bertz CT molecular complexity index is 2140. The molecule has 0 amide bonds. The number of hydrogen-bond donors (Lipinski definition) is 4. The average molecular weight is 1230 g/mol. The molecule has 0 aliphatic heterocycles. The van der Waals surface area contributed by atoms with Crippen LogP contribution in [0.1, 0.15) is 327 Å². The molecule has 0 bridgehead atoms. The van der Waals surface area contributed by atoms with Gasteiger partial charge in [-0.3, -0.25) is 19.2 Å². The molecule has 8 rings (SSSR count). The van der Waals surface area contributed by atoms with Crippen LogP contribution in [0.3, 0.4) is 0 Å². The average Bonchev–Trinajstić information content (AvgIpc) is 1.30. The molecule has 0 spiro atoms. The van der Waals surface area contributed by atoms with E-state index < -0.39 is 0 Å². The van der Waals surface area contributed by atoms with Crippen LogP contribution >= 0.6 is 0 Å². The zero-order valence-corrected chi connectivity index (χ0v) is 58.7. The van der Waals surface area contributed by atoms with Gasteiger partial charge in [0, 0.05) is 38.5 Å². The van der Waals surface area contributed by atoms with Crippen LogP contribution < -0.4 is 0 Å². The molecule has 8 saturated carbocycles.